The fourth-order valence-electron chi connectivity index (χ4n) is 2.82. The Morgan fingerprint density at radius 3 is 2.89 bits per heavy atom. The van der Waals surface area contributed by atoms with Gasteiger partial charge in [0.1, 0.15) is 0 Å². The zero-order chi connectivity index (χ0) is 13.5. The van der Waals surface area contributed by atoms with Crippen molar-refractivity contribution in [2.75, 3.05) is 20.1 Å². The third-order valence-electron chi connectivity index (χ3n) is 3.90. The Labute approximate surface area is 116 Å². The first kappa shape index (κ1) is 14.1. The second-order valence-corrected chi connectivity index (χ2v) is 5.26. The second kappa shape index (κ2) is 7.29. The van der Waals surface area contributed by atoms with Crippen molar-refractivity contribution in [3.8, 4) is 0 Å². The van der Waals surface area contributed by atoms with Gasteiger partial charge in [0, 0.05) is 25.6 Å². The van der Waals surface area contributed by atoms with Gasteiger partial charge in [0.15, 0.2) is 0 Å². The number of nitrogens with zero attached hydrogens (tertiary/aromatic N) is 1. The van der Waals surface area contributed by atoms with Gasteiger partial charge < -0.3 is 10.2 Å². The van der Waals surface area contributed by atoms with Crippen LogP contribution in [0.15, 0.2) is 30.3 Å². The van der Waals surface area contributed by atoms with Gasteiger partial charge in [-0.05, 0) is 38.3 Å². The van der Waals surface area contributed by atoms with Crippen molar-refractivity contribution in [3.05, 3.63) is 35.9 Å². The van der Waals surface area contributed by atoms with Crippen LogP contribution in [0.25, 0.3) is 0 Å². The molecule has 0 aromatic heterocycles. The molecule has 1 aromatic rings. The van der Waals surface area contributed by atoms with E-state index in [1.165, 1.54) is 5.56 Å². The minimum atomic E-state index is 0.310. The second-order valence-electron chi connectivity index (χ2n) is 5.26. The number of aryl methyl sites for hydroxylation is 1. The molecular formula is C16H24N2O. The molecule has 1 N–H and O–H groups in total. The minimum absolute atomic E-state index is 0.310. The average Bonchev–Trinajstić information content (AvgIpc) is 2.92. The predicted molar refractivity (Wildman–Crippen MR) is 78.0 cm³/mol. The van der Waals surface area contributed by atoms with Crippen LogP contribution in [0.4, 0.5) is 0 Å². The van der Waals surface area contributed by atoms with Crippen LogP contribution < -0.4 is 5.32 Å². The Hall–Kier alpha value is -1.35. The molecule has 0 spiro atoms. The van der Waals surface area contributed by atoms with Gasteiger partial charge in [-0.25, -0.2) is 0 Å². The van der Waals surface area contributed by atoms with Crippen LogP contribution in [0, 0.1) is 0 Å². The molecule has 0 radical (unpaired) electrons. The molecule has 0 saturated carbocycles. The molecule has 1 aliphatic rings. The van der Waals surface area contributed by atoms with Gasteiger partial charge >= 0.3 is 0 Å². The lowest BCUT2D eigenvalue weighted by Gasteiger charge is -2.25. The number of nitrogens with one attached hydrogen (secondary N) is 1. The molecule has 1 amide bonds. The van der Waals surface area contributed by atoms with E-state index in [2.05, 4.69) is 34.5 Å². The van der Waals surface area contributed by atoms with Crippen LogP contribution in [0.5, 0.6) is 0 Å². The third-order valence-corrected chi connectivity index (χ3v) is 3.90. The Bertz CT molecular complexity index is 391. The Kier molecular flexibility index (Phi) is 5.40. The standard InChI is InChI=1S/C16H24N2O/c1-17-12-11-16(19)18-13-5-8-15(18)10-9-14-6-3-2-4-7-14/h2-4,6-7,15,17H,5,8-13H2,1H3. The van der Waals surface area contributed by atoms with Crippen molar-refractivity contribution >= 4 is 5.91 Å². The highest BCUT2D eigenvalue weighted by molar-refractivity contribution is 5.77. The summed E-state index contributed by atoms with van der Waals surface area (Å²) in [7, 11) is 1.89. The first-order chi connectivity index (χ1) is 9.31. The molecular weight excluding hydrogens is 236 g/mol. The molecule has 104 valence electrons. The molecule has 1 atom stereocenters. The lowest BCUT2D eigenvalue weighted by atomic mass is 10.0. The van der Waals surface area contributed by atoms with Gasteiger partial charge in [-0.1, -0.05) is 30.3 Å². The molecule has 1 unspecified atom stereocenters. The molecule has 1 fully saturated rings. The first-order valence-corrected chi connectivity index (χ1v) is 7.29. The zero-order valence-electron chi connectivity index (χ0n) is 11.8. The van der Waals surface area contributed by atoms with E-state index in [1.807, 2.05) is 13.1 Å². The van der Waals surface area contributed by atoms with Crippen molar-refractivity contribution in [2.45, 2.75) is 38.1 Å². The summed E-state index contributed by atoms with van der Waals surface area (Å²) < 4.78 is 0. The summed E-state index contributed by atoms with van der Waals surface area (Å²) in [6.07, 6.45) is 5.11. The number of hydrogen-bond acceptors (Lipinski definition) is 2. The zero-order valence-corrected chi connectivity index (χ0v) is 11.8. The van der Waals surface area contributed by atoms with Crippen LogP contribution in [0.3, 0.4) is 0 Å². The fraction of sp³-hybridized carbons (Fsp3) is 0.562. The highest BCUT2D eigenvalue weighted by Crippen LogP contribution is 2.22. The van der Waals surface area contributed by atoms with Crippen LogP contribution in [-0.2, 0) is 11.2 Å². The van der Waals surface area contributed by atoms with E-state index < -0.39 is 0 Å². The lowest BCUT2D eigenvalue weighted by molar-refractivity contribution is -0.132. The van der Waals surface area contributed by atoms with E-state index in [4.69, 9.17) is 0 Å². The van der Waals surface area contributed by atoms with Gasteiger partial charge in [-0.15, -0.1) is 0 Å². The smallest absolute Gasteiger partial charge is 0.224 e. The summed E-state index contributed by atoms with van der Waals surface area (Å²) in [5, 5.41) is 3.05. The van der Waals surface area contributed by atoms with E-state index in [0.717, 1.165) is 38.8 Å². The summed E-state index contributed by atoms with van der Waals surface area (Å²) in [4.78, 5) is 14.2. The van der Waals surface area contributed by atoms with Crippen LogP contribution in [-0.4, -0.2) is 37.0 Å². The van der Waals surface area contributed by atoms with Gasteiger partial charge in [0.25, 0.3) is 0 Å². The quantitative estimate of drug-likeness (QED) is 0.850. The van der Waals surface area contributed by atoms with Crippen molar-refractivity contribution in [1.29, 1.82) is 0 Å². The summed E-state index contributed by atoms with van der Waals surface area (Å²) in [6.45, 7) is 1.72. The Morgan fingerprint density at radius 1 is 1.37 bits per heavy atom. The van der Waals surface area contributed by atoms with E-state index in [9.17, 15) is 4.79 Å². The van der Waals surface area contributed by atoms with E-state index in [1.54, 1.807) is 0 Å². The van der Waals surface area contributed by atoms with Crippen molar-refractivity contribution in [1.82, 2.24) is 10.2 Å². The molecule has 0 aliphatic carbocycles. The first-order valence-electron chi connectivity index (χ1n) is 7.29. The number of carbonyl (C=O) groups is 1. The summed E-state index contributed by atoms with van der Waals surface area (Å²) in [5.74, 6) is 0.310. The third kappa shape index (κ3) is 4.06. The number of amides is 1. The number of carbonyl (C=O) groups excluding carboxylic acids is 1. The van der Waals surface area contributed by atoms with E-state index in [0.29, 0.717) is 18.4 Å². The number of likely N-dealkylation sites (tertiary alicyclic amines) is 1. The molecule has 3 nitrogen and oxygen atoms in total. The van der Waals surface area contributed by atoms with Crippen molar-refractivity contribution < 1.29 is 4.79 Å². The lowest BCUT2D eigenvalue weighted by Crippen LogP contribution is -2.37. The van der Waals surface area contributed by atoms with Gasteiger partial charge in [-0.3, -0.25) is 4.79 Å². The maximum Gasteiger partial charge on any atom is 0.224 e. The van der Waals surface area contributed by atoms with Crippen molar-refractivity contribution in [2.24, 2.45) is 0 Å². The van der Waals surface area contributed by atoms with E-state index in [-0.39, 0.29) is 0 Å². The minimum Gasteiger partial charge on any atom is -0.340 e. The number of hydrogen-bond donors (Lipinski definition) is 1. The normalized spacial score (nSPS) is 18.8. The molecule has 3 heteroatoms. The SMILES string of the molecule is CNCCC(=O)N1CCCC1CCc1ccccc1. The van der Waals surface area contributed by atoms with Crippen molar-refractivity contribution in [3.63, 3.8) is 0 Å². The Morgan fingerprint density at radius 2 is 2.16 bits per heavy atom. The summed E-state index contributed by atoms with van der Waals surface area (Å²) in [6, 6.07) is 11.0. The molecule has 1 saturated heterocycles. The Balaban J connectivity index is 1.83. The number of benzene rings is 1. The molecule has 2 rings (SSSR count). The van der Waals surface area contributed by atoms with Crippen LogP contribution in [0.2, 0.25) is 0 Å². The summed E-state index contributed by atoms with van der Waals surface area (Å²) >= 11 is 0. The topological polar surface area (TPSA) is 32.3 Å². The van der Waals surface area contributed by atoms with Gasteiger partial charge in [-0.2, -0.15) is 0 Å². The molecule has 19 heavy (non-hydrogen) atoms. The molecule has 0 bridgehead atoms. The van der Waals surface area contributed by atoms with E-state index >= 15 is 0 Å². The summed E-state index contributed by atoms with van der Waals surface area (Å²) in [5.41, 5.74) is 1.37. The monoisotopic (exact) mass is 260 g/mol. The van der Waals surface area contributed by atoms with Gasteiger partial charge in [0.2, 0.25) is 5.91 Å². The molecule has 1 aliphatic heterocycles. The largest absolute Gasteiger partial charge is 0.340 e. The maximum atomic E-state index is 12.1. The highest BCUT2D eigenvalue weighted by atomic mass is 16.2. The van der Waals surface area contributed by atoms with Crippen LogP contribution in [0.1, 0.15) is 31.2 Å². The predicted octanol–water partition coefficient (Wildman–Crippen LogP) is 2.22. The van der Waals surface area contributed by atoms with Crippen LogP contribution >= 0.6 is 0 Å². The highest BCUT2D eigenvalue weighted by Gasteiger charge is 2.27. The number of rotatable bonds is 6. The fourth-order valence-corrected chi connectivity index (χ4v) is 2.82. The average molecular weight is 260 g/mol. The van der Waals surface area contributed by atoms with Gasteiger partial charge in [0.05, 0.1) is 0 Å². The molecule has 1 aromatic carbocycles. The maximum absolute atomic E-state index is 12.1. The molecule has 1 heterocycles.